The molecule has 3 N–H and O–H groups in total. The predicted molar refractivity (Wildman–Crippen MR) is 89.6 cm³/mol. The van der Waals surface area contributed by atoms with Crippen LogP contribution in [-0.2, 0) is 6.18 Å². The number of nitrogens with one attached hydrogen (secondary N) is 3. The molecule has 1 saturated carbocycles. The molecule has 24 heavy (non-hydrogen) atoms. The van der Waals surface area contributed by atoms with Crippen LogP contribution in [0.1, 0.15) is 55.6 Å². The van der Waals surface area contributed by atoms with Crippen LogP contribution in [0.5, 0.6) is 0 Å². The molecule has 1 aliphatic carbocycles. The van der Waals surface area contributed by atoms with Crippen molar-refractivity contribution in [2.75, 3.05) is 23.7 Å². The van der Waals surface area contributed by atoms with Crippen LogP contribution in [0.15, 0.2) is 12.1 Å². The smallest absolute Gasteiger partial charge is 0.382 e. The Bertz CT molecular complexity index is 608. The van der Waals surface area contributed by atoms with Gasteiger partial charge in [0.25, 0.3) is 0 Å². The molecule has 3 nitrogen and oxygen atoms in total. The third-order valence-electron chi connectivity index (χ3n) is 5.66. The minimum atomic E-state index is -4.33. The lowest BCUT2D eigenvalue weighted by molar-refractivity contribution is -0.136. The standard InChI is InChI=1S/C18H24F3N3/c19-18(20,21)15-9-12(23-11-4-2-1-3-5-11)8-13-14-10-22-7-6-16(14)24-17(13)15/h8-9,11,14,16,22-24H,1-7,10H2/t14-,16-/m0/s1. The van der Waals surface area contributed by atoms with Gasteiger partial charge in [0.1, 0.15) is 0 Å². The number of hydrogen-bond acceptors (Lipinski definition) is 3. The number of piperidine rings is 1. The fourth-order valence-corrected chi connectivity index (χ4v) is 4.45. The van der Waals surface area contributed by atoms with Crippen molar-refractivity contribution in [1.82, 2.24) is 5.32 Å². The molecular formula is C18H24F3N3. The van der Waals surface area contributed by atoms with Crippen LogP contribution in [0.25, 0.3) is 0 Å². The zero-order valence-corrected chi connectivity index (χ0v) is 13.7. The minimum absolute atomic E-state index is 0.118. The van der Waals surface area contributed by atoms with E-state index in [1.54, 1.807) is 0 Å². The quantitative estimate of drug-likeness (QED) is 0.751. The van der Waals surface area contributed by atoms with E-state index in [9.17, 15) is 13.2 Å². The number of hydrogen-bond donors (Lipinski definition) is 3. The summed E-state index contributed by atoms with van der Waals surface area (Å²) in [6.45, 7) is 1.60. The topological polar surface area (TPSA) is 36.1 Å². The van der Waals surface area contributed by atoms with Gasteiger partial charge in [-0.05, 0) is 43.5 Å². The summed E-state index contributed by atoms with van der Waals surface area (Å²) in [5.41, 5.74) is 1.23. The summed E-state index contributed by atoms with van der Waals surface area (Å²) in [4.78, 5) is 0. The summed E-state index contributed by atoms with van der Waals surface area (Å²) in [6.07, 6.45) is 2.17. The van der Waals surface area contributed by atoms with E-state index in [1.165, 1.54) is 12.5 Å². The zero-order chi connectivity index (χ0) is 16.7. The number of fused-ring (bicyclic) bond motifs is 3. The van der Waals surface area contributed by atoms with Crippen molar-refractivity contribution in [3.05, 3.63) is 23.3 Å². The van der Waals surface area contributed by atoms with Gasteiger partial charge in [-0.1, -0.05) is 19.3 Å². The normalized spacial score (nSPS) is 27.3. The first kappa shape index (κ1) is 16.1. The van der Waals surface area contributed by atoms with Crippen LogP contribution in [0, 0.1) is 0 Å². The van der Waals surface area contributed by atoms with Crippen molar-refractivity contribution in [2.45, 2.75) is 62.7 Å². The fourth-order valence-electron chi connectivity index (χ4n) is 4.45. The van der Waals surface area contributed by atoms with Gasteiger partial charge in [-0.2, -0.15) is 13.2 Å². The molecule has 2 aliphatic heterocycles. The van der Waals surface area contributed by atoms with Crippen molar-refractivity contribution >= 4 is 11.4 Å². The molecule has 2 heterocycles. The van der Waals surface area contributed by atoms with Gasteiger partial charge in [0.05, 0.1) is 11.3 Å². The van der Waals surface area contributed by atoms with E-state index < -0.39 is 11.7 Å². The maximum absolute atomic E-state index is 13.6. The summed E-state index contributed by atoms with van der Waals surface area (Å²) in [5, 5.41) is 9.84. The molecule has 2 atom stereocenters. The molecule has 0 bridgehead atoms. The van der Waals surface area contributed by atoms with Crippen LogP contribution in [0.2, 0.25) is 0 Å². The molecular weight excluding hydrogens is 315 g/mol. The molecule has 1 aromatic carbocycles. The molecule has 0 aromatic heterocycles. The van der Waals surface area contributed by atoms with Crippen LogP contribution >= 0.6 is 0 Å². The largest absolute Gasteiger partial charge is 0.418 e. The van der Waals surface area contributed by atoms with Gasteiger partial charge in [0.15, 0.2) is 0 Å². The van der Waals surface area contributed by atoms with E-state index in [1.807, 2.05) is 6.07 Å². The molecule has 4 rings (SSSR count). The molecule has 0 radical (unpaired) electrons. The molecule has 2 fully saturated rings. The van der Waals surface area contributed by atoms with E-state index in [0.717, 1.165) is 50.8 Å². The lowest BCUT2D eigenvalue weighted by Crippen LogP contribution is -2.38. The fraction of sp³-hybridized carbons (Fsp3) is 0.667. The third-order valence-corrected chi connectivity index (χ3v) is 5.66. The van der Waals surface area contributed by atoms with Gasteiger partial charge in [0.2, 0.25) is 0 Å². The van der Waals surface area contributed by atoms with Crippen molar-refractivity contribution in [3.63, 3.8) is 0 Å². The first-order valence-corrected chi connectivity index (χ1v) is 9.01. The van der Waals surface area contributed by atoms with E-state index in [4.69, 9.17) is 0 Å². The van der Waals surface area contributed by atoms with Gasteiger partial charge < -0.3 is 16.0 Å². The van der Waals surface area contributed by atoms with Crippen molar-refractivity contribution in [1.29, 1.82) is 0 Å². The Hall–Kier alpha value is -1.43. The van der Waals surface area contributed by atoms with Gasteiger partial charge in [-0.25, -0.2) is 0 Å². The van der Waals surface area contributed by atoms with Gasteiger partial charge >= 0.3 is 6.18 Å². The second kappa shape index (κ2) is 6.14. The molecule has 0 amide bonds. The van der Waals surface area contributed by atoms with Crippen LogP contribution < -0.4 is 16.0 Å². The van der Waals surface area contributed by atoms with Gasteiger partial charge in [-0.3, -0.25) is 0 Å². The van der Waals surface area contributed by atoms with E-state index >= 15 is 0 Å². The van der Waals surface area contributed by atoms with Crippen LogP contribution in [0.4, 0.5) is 24.5 Å². The molecule has 132 valence electrons. The summed E-state index contributed by atoms with van der Waals surface area (Å²) < 4.78 is 40.8. The Balaban J connectivity index is 1.69. The van der Waals surface area contributed by atoms with Crippen LogP contribution in [0.3, 0.4) is 0 Å². The minimum Gasteiger partial charge on any atom is -0.382 e. The monoisotopic (exact) mass is 339 g/mol. The molecule has 0 spiro atoms. The van der Waals surface area contributed by atoms with Crippen LogP contribution in [-0.4, -0.2) is 25.2 Å². The Kier molecular flexibility index (Phi) is 4.11. The average Bonchev–Trinajstić information content (AvgIpc) is 2.93. The summed E-state index contributed by atoms with van der Waals surface area (Å²) in [6, 6.07) is 3.66. The highest BCUT2D eigenvalue weighted by Gasteiger charge is 2.42. The van der Waals surface area contributed by atoms with Crippen molar-refractivity contribution < 1.29 is 13.2 Å². The maximum Gasteiger partial charge on any atom is 0.418 e. The zero-order valence-electron chi connectivity index (χ0n) is 13.7. The van der Waals surface area contributed by atoms with Gasteiger partial charge in [0, 0.05) is 30.2 Å². The van der Waals surface area contributed by atoms with Gasteiger partial charge in [-0.15, -0.1) is 0 Å². The number of benzene rings is 1. The Labute approximate surface area is 140 Å². The highest BCUT2D eigenvalue weighted by atomic mass is 19.4. The average molecular weight is 339 g/mol. The third kappa shape index (κ3) is 2.96. The number of rotatable bonds is 2. The summed E-state index contributed by atoms with van der Waals surface area (Å²) >= 11 is 0. The Morgan fingerprint density at radius 3 is 2.58 bits per heavy atom. The number of alkyl halides is 3. The number of anilines is 2. The lowest BCUT2D eigenvalue weighted by Gasteiger charge is -2.27. The highest BCUT2D eigenvalue weighted by Crippen LogP contribution is 2.47. The second-order valence-electron chi connectivity index (χ2n) is 7.32. The molecule has 1 aromatic rings. The predicted octanol–water partition coefficient (Wildman–Crippen LogP) is 4.32. The number of halogens is 3. The summed E-state index contributed by atoms with van der Waals surface area (Å²) in [5.74, 6) is 0.128. The molecule has 6 heteroatoms. The molecule has 3 aliphatic rings. The molecule has 1 saturated heterocycles. The van der Waals surface area contributed by atoms with E-state index in [2.05, 4.69) is 16.0 Å². The first-order chi connectivity index (χ1) is 11.5. The maximum atomic E-state index is 13.6. The Morgan fingerprint density at radius 1 is 1.04 bits per heavy atom. The lowest BCUT2D eigenvalue weighted by atomic mass is 9.89. The highest BCUT2D eigenvalue weighted by molar-refractivity contribution is 5.71. The SMILES string of the molecule is FC(F)(F)c1cc(NC2CCCCC2)cc2c1N[C@H]1CCNC[C@@H]21. The first-order valence-electron chi connectivity index (χ1n) is 9.01. The van der Waals surface area contributed by atoms with E-state index in [0.29, 0.717) is 17.4 Å². The molecule has 0 unspecified atom stereocenters. The van der Waals surface area contributed by atoms with Crippen molar-refractivity contribution in [2.24, 2.45) is 0 Å². The Morgan fingerprint density at radius 2 is 1.83 bits per heavy atom. The summed E-state index contributed by atoms with van der Waals surface area (Å²) in [7, 11) is 0. The van der Waals surface area contributed by atoms with Crippen molar-refractivity contribution in [3.8, 4) is 0 Å². The van der Waals surface area contributed by atoms with E-state index in [-0.39, 0.29) is 12.0 Å². The second-order valence-corrected chi connectivity index (χ2v) is 7.32.